The normalized spacial score (nSPS) is 13.1. The van der Waals surface area contributed by atoms with Crippen molar-refractivity contribution in [2.45, 2.75) is 12.5 Å². The Hall–Kier alpha value is -2.39. The lowest BCUT2D eigenvalue weighted by atomic mass is 10.1. The van der Waals surface area contributed by atoms with Gasteiger partial charge in [-0.05, 0) is 17.7 Å². The molecule has 0 amide bonds. The summed E-state index contributed by atoms with van der Waals surface area (Å²) in [7, 11) is 0. The standard InChI is InChI=1S/C17H16N2O/c20-14(11-10-13-6-2-1-3-7-13)12-17-18-15-8-4-5-9-16(15)19-17/h1-11,14,20H,12H2,(H,18,19)/b11-10+. The predicted octanol–water partition coefficient (Wildman–Crippen LogP) is 3.18. The summed E-state index contributed by atoms with van der Waals surface area (Å²) in [6.07, 6.45) is 3.66. The van der Waals surface area contributed by atoms with Crippen LogP contribution in [-0.2, 0) is 6.42 Å². The number of rotatable bonds is 4. The van der Waals surface area contributed by atoms with Crippen molar-refractivity contribution in [2.75, 3.05) is 0 Å². The van der Waals surface area contributed by atoms with Gasteiger partial charge in [-0.1, -0.05) is 54.6 Å². The van der Waals surface area contributed by atoms with E-state index in [1.807, 2.05) is 60.7 Å². The van der Waals surface area contributed by atoms with Crippen LogP contribution in [0.4, 0.5) is 0 Å². The highest BCUT2D eigenvalue weighted by Crippen LogP contribution is 2.12. The van der Waals surface area contributed by atoms with Gasteiger partial charge in [0, 0.05) is 6.42 Å². The maximum atomic E-state index is 10.0. The molecule has 0 fully saturated rings. The number of para-hydroxylation sites is 2. The number of hydrogen-bond donors (Lipinski definition) is 2. The van der Waals surface area contributed by atoms with Crippen LogP contribution in [0.1, 0.15) is 11.4 Å². The first kappa shape index (κ1) is 12.6. The van der Waals surface area contributed by atoms with Gasteiger partial charge in [0.1, 0.15) is 5.82 Å². The highest BCUT2D eigenvalue weighted by molar-refractivity contribution is 5.74. The fourth-order valence-corrected chi connectivity index (χ4v) is 2.15. The lowest BCUT2D eigenvalue weighted by molar-refractivity contribution is 0.222. The average molecular weight is 264 g/mol. The number of benzene rings is 2. The molecule has 0 saturated carbocycles. The van der Waals surface area contributed by atoms with Crippen molar-refractivity contribution in [1.82, 2.24) is 9.97 Å². The molecule has 0 spiro atoms. The molecule has 0 aliphatic carbocycles. The van der Waals surface area contributed by atoms with Crippen LogP contribution in [0.15, 0.2) is 60.7 Å². The molecular formula is C17H16N2O. The zero-order valence-corrected chi connectivity index (χ0v) is 11.0. The molecule has 1 atom stereocenters. The Morgan fingerprint density at radius 3 is 2.60 bits per heavy atom. The third-order valence-corrected chi connectivity index (χ3v) is 3.15. The van der Waals surface area contributed by atoms with Gasteiger partial charge < -0.3 is 10.1 Å². The van der Waals surface area contributed by atoms with Gasteiger partial charge in [0.15, 0.2) is 0 Å². The minimum atomic E-state index is -0.546. The monoisotopic (exact) mass is 264 g/mol. The number of aliphatic hydroxyl groups excluding tert-OH is 1. The Balaban J connectivity index is 1.69. The van der Waals surface area contributed by atoms with E-state index >= 15 is 0 Å². The number of aromatic nitrogens is 2. The predicted molar refractivity (Wildman–Crippen MR) is 81.3 cm³/mol. The maximum absolute atomic E-state index is 10.0. The molecule has 0 radical (unpaired) electrons. The highest BCUT2D eigenvalue weighted by atomic mass is 16.3. The van der Waals surface area contributed by atoms with Crippen molar-refractivity contribution in [3.63, 3.8) is 0 Å². The first-order valence-corrected chi connectivity index (χ1v) is 6.66. The van der Waals surface area contributed by atoms with E-state index in [4.69, 9.17) is 0 Å². The minimum absolute atomic E-state index is 0.484. The second-order valence-corrected chi connectivity index (χ2v) is 4.74. The van der Waals surface area contributed by atoms with Crippen molar-refractivity contribution < 1.29 is 5.11 Å². The van der Waals surface area contributed by atoms with Crippen molar-refractivity contribution in [3.05, 3.63) is 72.1 Å². The second kappa shape index (κ2) is 5.72. The second-order valence-electron chi connectivity index (χ2n) is 4.74. The molecule has 3 rings (SSSR count). The Morgan fingerprint density at radius 2 is 1.80 bits per heavy atom. The maximum Gasteiger partial charge on any atom is 0.110 e. The molecule has 100 valence electrons. The average Bonchev–Trinajstić information content (AvgIpc) is 2.88. The Morgan fingerprint density at radius 1 is 1.05 bits per heavy atom. The molecule has 2 N–H and O–H groups in total. The molecule has 1 aromatic heterocycles. The van der Waals surface area contributed by atoms with Crippen LogP contribution in [-0.4, -0.2) is 21.2 Å². The molecule has 2 aromatic carbocycles. The van der Waals surface area contributed by atoms with E-state index in [0.29, 0.717) is 6.42 Å². The van der Waals surface area contributed by atoms with E-state index in [1.165, 1.54) is 0 Å². The number of aromatic amines is 1. The first-order valence-electron chi connectivity index (χ1n) is 6.66. The number of H-pyrrole nitrogens is 1. The first-order chi connectivity index (χ1) is 9.81. The zero-order valence-electron chi connectivity index (χ0n) is 11.0. The number of imidazole rings is 1. The molecule has 0 aliphatic heterocycles. The minimum Gasteiger partial charge on any atom is -0.389 e. The summed E-state index contributed by atoms with van der Waals surface area (Å²) in [5.74, 6) is 0.802. The molecular weight excluding hydrogens is 248 g/mol. The van der Waals surface area contributed by atoms with Gasteiger partial charge in [-0.15, -0.1) is 0 Å². The van der Waals surface area contributed by atoms with E-state index in [9.17, 15) is 5.11 Å². The van der Waals surface area contributed by atoms with Gasteiger partial charge in [0.2, 0.25) is 0 Å². The topological polar surface area (TPSA) is 48.9 Å². The van der Waals surface area contributed by atoms with Gasteiger partial charge in [-0.2, -0.15) is 0 Å². The Bertz CT molecular complexity index is 683. The number of nitrogens with one attached hydrogen (secondary N) is 1. The molecule has 3 aromatic rings. The molecule has 20 heavy (non-hydrogen) atoms. The molecule has 3 heteroatoms. The van der Waals surface area contributed by atoms with Gasteiger partial charge in [0.05, 0.1) is 17.1 Å². The Kier molecular flexibility index (Phi) is 3.61. The van der Waals surface area contributed by atoms with E-state index in [0.717, 1.165) is 22.4 Å². The molecule has 3 nitrogen and oxygen atoms in total. The van der Waals surface area contributed by atoms with Gasteiger partial charge >= 0.3 is 0 Å². The van der Waals surface area contributed by atoms with Crippen molar-refractivity contribution in [1.29, 1.82) is 0 Å². The largest absolute Gasteiger partial charge is 0.389 e. The fourth-order valence-electron chi connectivity index (χ4n) is 2.15. The van der Waals surface area contributed by atoms with Gasteiger partial charge in [0.25, 0.3) is 0 Å². The highest BCUT2D eigenvalue weighted by Gasteiger charge is 2.06. The summed E-state index contributed by atoms with van der Waals surface area (Å²) in [5.41, 5.74) is 3.01. The SMILES string of the molecule is OC(/C=C/c1ccccc1)Cc1nc2ccccc2[nH]1. The molecule has 1 unspecified atom stereocenters. The molecule has 0 saturated heterocycles. The van der Waals surface area contributed by atoms with Crippen LogP contribution in [0, 0.1) is 0 Å². The molecule has 1 heterocycles. The van der Waals surface area contributed by atoms with E-state index in [1.54, 1.807) is 6.08 Å². The summed E-state index contributed by atoms with van der Waals surface area (Å²) in [5, 5.41) is 10.0. The van der Waals surface area contributed by atoms with E-state index in [-0.39, 0.29) is 0 Å². The number of fused-ring (bicyclic) bond motifs is 1. The summed E-state index contributed by atoms with van der Waals surface area (Å²) in [4.78, 5) is 7.68. The van der Waals surface area contributed by atoms with Crippen LogP contribution in [0.5, 0.6) is 0 Å². The van der Waals surface area contributed by atoms with Crippen molar-refractivity contribution in [2.24, 2.45) is 0 Å². The van der Waals surface area contributed by atoms with Gasteiger partial charge in [-0.3, -0.25) is 0 Å². The fraction of sp³-hybridized carbons (Fsp3) is 0.118. The van der Waals surface area contributed by atoms with E-state index < -0.39 is 6.10 Å². The van der Waals surface area contributed by atoms with E-state index in [2.05, 4.69) is 9.97 Å². The zero-order chi connectivity index (χ0) is 13.8. The summed E-state index contributed by atoms with van der Waals surface area (Å²) in [6, 6.07) is 17.8. The number of aliphatic hydroxyl groups is 1. The lowest BCUT2D eigenvalue weighted by Gasteiger charge is -2.02. The quantitative estimate of drug-likeness (QED) is 0.760. The number of hydrogen-bond acceptors (Lipinski definition) is 2. The molecule has 0 bridgehead atoms. The smallest absolute Gasteiger partial charge is 0.110 e. The van der Waals surface area contributed by atoms with Crippen molar-refractivity contribution >= 4 is 17.1 Å². The van der Waals surface area contributed by atoms with Crippen LogP contribution in [0.25, 0.3) is 17.1 Å². The number of nitrogens with zero attached hydrogens (tertiary/aromatic N) is 1. The lowest BCUT2D eigenvalue weighted by Crippen LogP contribution is -2.07. The third-order valence-electron chi connectivity index (χ3n) is 3.15. The van der Waals surface area contributed by atoms with Crippen molar-refractivity contribution in [3.8, 4) is 0 Å². The summed E-state index contributed by atoms with van der Waals surface area (Å²) < 4.78 is 0. The molecule has 0 aliphatic rings. The van der Waals surface area contributed by atoms with Crippen LogP contribution < -0.4 is 0 Å². The van der Waals surface area contributed by atoms with Crippen LogP contribution >= 0.6 is 0 Å². The van der Waals surface area contributed by atoms with Crippen LogP contribution in [0.2, 0.25) is 0 Å². The van der Waals surface area contributed by atoms with Gasteiger partial charge in [-0.25, -0.2) is 4.98 Å². The summed E-state index contributed by atoms with van der Waals surface area (Å²) >= 11 is 0. The third kappa shape index (κ3) is 2.95. The van der Waals surface area contributed by atoms with Crippen LogP contribution in [0.3, 0.4) is 0 Å². The Labute approximate surface area is 117 Å². The summed E-state index contributed by atoms with van der Waals surface area (Å²) in [6.45, 7) is 0.